The predicted molar refractivity (Wildman–Crippen MR) is 132 cm³/mol. The molecule has 3 aromatic rings. The third-order valence-corrected chi connectivity index (χ3v) is 7.29. The average Bonchev–Trinajstić information content (AvgIpc) is 3.24. The highest BCUT2D eigenvalue weighted by molar-refractivity contribution is 5.63. The molecule has 0 unspecified atom stereocenters. The second-order valence-corrected chi connectivity index (χ2v) is 9.74. The molecule has 1 saturated heterocycles. The minimum Gasteiger partial charge on any atom is -0.372 e. The highest BCUT2D eigenvalue weighted by Crippen LogP contribution is 2.34. The van der Waals surface area contributed by atoms with E-state index in [1.165, 1.54) is 48.8 Å². The molecule has 0 atom stereocenters. The van der Waals surface area contributed by atoms with E-state index >= 15 is 0 Å². The SMILES string of the molecule is Cn1cc(CN2CCC(OCc3ccccn3)CC2)c(-c2ccc(C3CCCCC3)cc2)n1. The van der Waals surface area contributed by atoms with E-state index in [0.29, 0.717) is 12.7 Å². The Morgan fingerprint density at radius 1 is 0.939 bits per heavy atom. The fraction of sp³-hybridized carbons (Fsp3) is 0.500. The molecule has 0 N–H and O–H groups in total. The first-order chi connectivity index (χ1) is 16.2. The number of likely N-dealkylation sites (tertiary alicyclic amines) is 1. The topological polar surface area (TPSA) is 43.2 Å². The van der Waals surface area contributed by atoms with E-state index in [1.54, 1.807) is 0 Å². The summed E-state index contributed by atoms with van der Waals surface area (Å²) in [5, 5.41) is 4.82. The molecule has 3 heterocycles. The maximum atomic E-state index is 6.12. The zero-order valence-electron chi connectivity index (χ0n) is 19.8. The number of nitrogens with zero attached hydrogens (tertiary/aromatic N) is 4. The molecule has 0 radical (unpaired) electrons. The van der Waals surface area contributed by atoms with Crippen LogP contribution in [0.1, 0.15) is 67.7 Å². The summed E-state index contributed by atoms with van der Waals surface area (Å²) in [7, 11) is 2.03. The lowest BCUT2D eigenvalue weighted by atomic mass is 9.84. The summed E-state index contributed by atoms with van der Waals surface area (Å²) in [4.78, 5) is 6.90. The van der Waals surface area contributed by atoms with Crippen LogP contribution < -0.4 is 0 Å². The van der Waals surface area contributed by atoms with Gasteiger partial charge >= 0.3 is 0 Å². The molecule has 5 rings (SSSR count). The van der Waals surface area contributed by atoms with Gasteiger partial charge in [0, 0.05) is 50.2 Å². The smallest absolute Gasteiger partial charge is 0.0968 e. The van der Waals surface area contributed by atoms with Gasteiger partial charge in [0.15, 0.2) is 0 Å². The van der Waals surface area contributed by atoms with Gasteiger partial charge in [-0.25, -0.2) is 0 Å². The van der Waals surface area contributed by atoms with Crippen LogP contribution in [0, 0.1) is 0 Å². The van der Waals surface area contributed by atoms with Crippen LogP contribution in [-0.2, 0) is 24.9 Å². The summed E-state index contributed by atoms with van der Waals surface area (Å²) in [5.74, 6) is 0.747. The summed E-state index contributed by atoms with van der Waals surface area (Å²) in [6.07, 6.45) is 13.3. The Hall–Kier alpha value is -2.50. The maximum Gasteiger partial charge on any atom is 0.0968 e. The standard InChI is InChI=1S/C28H36N4O/c1-31-19-25(20-32-17-14-27(15-18-32)33-21-26-9-5-6-16-29-26)28(30-31)24-12-10-23(11-13-24)22-7-3-2-4-8-22/h5-6,9-13,16,19,22,27H,2-4,7-8,14-15,17-18,20-21H2,1H3. The minimum absolute atomic E-state index is 0.323. The Bertz CT molecular complexity index is 1000. The molecular formula is C28H36N4O. The van der Waals surface area contributed by atoms with Crippen molar-refractivity contribution in [2.45, 2.75) is 70.1 Å². The molecule has 0 amide bonds. The van der Waals surface area contributed by atoms with Gasteiger partial charge < -0.3 is 4.74 Å². The van der Waals surface area contributed by atoms with E-state index in [0.717, 1.165) is 49.8 Å². The third-order valence-electron chi connectivity index (χ3n) is 7.29. The van der Waals surface area contributed by atoms with E-state index < -0.39 is 0 Å². The van der Waals surface area contributed by atoms with Crippen molar-refractivity contribution in [2.24, 2.45) is 7.05 Å². The molecule has 0 bridgehead atoms. The zero-order chi connectivity index (χ0) is 22.5. The van der Waals surface area contributed by atoms with Gasteiger partial charge in [-0.05, 0) is 49.3 Å². The zero-order valence-corrected chi connectivity index (χ0v) is 19.8. The lowest BCUT2D eigenvalue weighted by Gasteiger charge is -2.31. The Balaban J connectivity index is 1.17. The molecule has 174 valence electrons. The summed E-state index contributed by atoms with van der Waals surface area (Å²) in [5.41, 5.74) is 6.19. The van der Waals surface area contributed by atoms with Crippen molar-refractivity contribution < 1.29 is 4.74 Å². The van der Waals surface area contributed by atoms with Gasteiger partial charge in [-0.2, -0.15) is 5.10 Å². The molecule has 1 saturated carbocycles. The van der Waals surface area contributed by atoms with Crippen molar-refractivity contribution in [1.82, 2.24) is 19.7 Å². The average molecular weight is 445 g/mol. The van der Waals surface area contributed by atoms with E-state index in [1.807, 2.05) is 36.1 Å². The number of pyridine rings is 1. The van der Waals surface area contributed by atoms with Crippen molar-refractivity contribution in [3.05, 3.63) is 71.7 Å². The second-order valence-electron chi connectivity index (χ2n) is 9.74. The van der Waals surface area contributed by atoms with Gasteiger partial charge in [0.05, 0.1) is 24.1 Å². The van der Waals surface area contributed by atoms with Gasteiger partial charge in [-0.3, -0.25) is 14.6 Å². The second kappa shape index (κ2) is 10.6. The first-order valence-electron chi connectivity index (χ1n) is 12.6. The Morgan fingerprint density at radius 2 is 1.73 bits per heavy atom. The number of aromatic nitrogens is 3. The van der Waals surface area contributed by atoms with E-state index in [9.17, 15) is 0 Å². The van der Waals surface area contributed by atoms with Crippen LogP contribution in [0.3, 0.4) is 0 Å². The first-order valence-corrected chi connectivity index (χ1v) is 12.6. The quantitative estimate of drug-likeness (QED) is 0.468. The molecule has 1 aliphatic carbocycles. The number of aryl methyl sites for hydroxylation is 1. The number of hydrogen-bond acceptors (Lipinski definition) is 4. The van der Waals surface area contributed by atoms with Crippen molar-refractivity contribution in [1.29, 1.82) is 0 Å². The molecule has 1 aliphatic heterocycles. The Morgan fingerprint density at radius 3 is 2.45 bits per heavy atom. The fourth-order valence-electron chi connectivity index (χ4n) is 5.41. The Kier molecular flexibility index (Phi) is 7.18. The van der Waals surface area contributed by atoms with Crippen LogP contribution in [0.15, 0.2) is 54.9 Å². The monoisotopic (exact) mass is 444 g/mol. The van der Waals surface area contributed by atoms with E-state index in [4.69, 9.17) is 9.84 Å². The summed E-state index contributed by atoms with van der Waals surface area (Å²) in [6.45, 7) is 3.67. The highest BCUT2D eigenvalue weighted by Gasteiger charge is 2.22. The van der Waals surface area contributed by atoms with Crippen molar-refractivity contribution in [3.8, 4) is 11.3 Å². The number of benzene rings is 1. The van der Waals surface area contributed by atoms with Gasteiger partial charge in [0.2, 0.25) is 0 Å². The normalized spacial score (nSPS) is 18.6. The first kappa shape index (κ1) is 22.3. The minimum atomic E-state index is 0.323. The van der Waals surface area contributed by atoms with E-state index in [2.05, 4.69) is 40.3 Å². The van der Waals surface area contributed by atoms with Crippen LogP contribution in [0.25, 0.3) is 11.3 Å². The molecule has 2 aliphatic rings. The van der Waals surface area contributed by atoms with Gasteiger partial charge in [-0.1, -0.05) is 49.6 Å². The number of piperidine rings is 1. The predicted octanol–water partition coefficient (Wildman–Crippen LogP) is 5.71. The van der Waals surface area contributed by atoms with Crippen molar-refractivity contribution in [3.63, 3.8) is 0 Å². The largest absolute Gasteiger partial charge is 0.372 e. The molecular weight excluding hydrogens is 408 g/mol. The lowest BCUT2D eigenvalue weighted by Crippen LogP contribution is -2.36. The molecule has 5 heteroatoms. The van der Waals surface area contributed by atoms with Crippen LogP contribution in [0.4, 0.5) is 0 Å². The fourth-order valence-corrected chi connectivity index (χ4v) is 5.41. The maximum absolute atomic E-state index is 6.12. The molecule has 1 aromatic carbocycles. The van der Waals surface area contributed by atoms with Crippen LogP contribution in [0.2, 0.25) is 0 Å². The third kappa shape index (κ3) is 5.71. The molecule has 2 fully saturated rings. The number of ether oxygens (including phenoxy) is 1. The van der Waals surface area contributed by atoms with Gasteiger partial charge in [0.25, 0.3) is 0 Å². The number of rotatable bonds is 7. The summed E-state index contributed by atoms with van der Waals surface area (Å²) in [6, 6.07) is 15.2. The summed E-state index contributed by atoms with van der Waals surface area (Å²) >= 11 is 0. The molecule has 0 spiro atoms. The lowest BCUT2D eigenvalue weighted by molar-refractivity contribution is -0.00520. The molecule has 2 aromatic heterocycles. The van der Waals surface area contributed by atoms with Crippen molar-refractivity contribution in [2.75, 3.05) is 13.1 Å². The molecule has 33 heavy (non-hydrogen) atoms. The van der Waals surface area contributed by atoms with Crippen LogP contribution in [-0.4, -0.2) is 38.9 Å². The number of hydrogen-bond donors (Lipinski definition) is 0. The highest BCUT2D eigenvalue weighted by atomic mass is 16.5. The van der Waals surface area contributed by atoms with Crippen LogP contribution in [0.5, 0.6) is 0 Å². The summed E-state index contributed by atoms with van der Waals surface area (Å²) < 4.78 is 8.08. The van der Waals surface area contributed by atoms with E-state index in [-0.39, 0.29) is 0 Å². The van der Waals surface area contributed by atoms with Gasteiger partial charge in [-0.15, -0.1) is 0 Å². The van der Waals surface area contributed by atoms with Crippen LogP contribution >= 0.6 is 0 Å². The molecule has 5 nitrogen and oxygen atoms in total. The van der Waals surface area contributed by atoms with Crippen molar-refractivity contribution >= 4 is 0 Å². The Labute approximate surface area is 197 Å². The van der Waals surface area contributed by atoms with Gasteiger partial charge in [0.1, 0.15) is 0 Å².